The lowest BCUT2D eigenvalue weighted by Crippen LogP contribution is -2.24. The molecule has 0 spiro atoms. The standard InChI is InChI=1S/C16H26N2O3S/c1-4-5-6-13-17-16(19)12-9-14-7-10-15(11-8-14)22(20,21)18(2)3/h7-8,10-11H,4-6,9,12-13H2,1-3H3,(H,17,19). The zero-order valence-corrected chi connectivity index (χ0v) is 14.4. The summed E-state index contributed by atoms with van der Waals surface area (Å²) in [6, 6.07) is 6.70. The van der Waals surface area contributed by atoms with E-state index in [1.807, 2.05) is 0 Å². The molecule has 6 heteroatoms. The maximum absolute atomic E-state index is 11.9. The van der Waals surface area contributed by atoms with Gasteiger partial charge in [0.1, 0.15) is 0 Å². The minimum Gasteiger partial charge on any atom is -0.356 e. The van der Waals surface area contributed by atoms with Crippen LogP contribution >= 0.6 is 0 Å². The van der Waals surface area contributed by atoms with Gasteiger partial charge < -0.3 is 5.32 Å². The number of hydrogen-bond donors (Lipinski definition) is 1. The van der Waals surface area contributed by atoms with Crippen molar-refractivity contribution in [1.82, 2.24) is 9.62 Å². The molecular weight excluding hydrogens is 300 g/mol. The molecule has 1 amide bonds. The third-order valence-corrected chi connectivity index (χ3v) is 5.27. The summed E-state index contributed by atoms with van der Waals surface area (Å²) < 4.78 is 25.1. The van der Waals surface area contributed by atoms with Crippen molar-refractivity contribution >= 4 is 15.9 Å². The Morgan fingerprint density at radius 1 is 1.14 bits per heavy atom. The van der Waals surface area contributed by atoms with E-state index in [0.717, 1.165) is 31.4 Å². The quantitative estimate of drug-likeness (QED) is 0.707. The van der Waals surface area contributed by atoms with E-state index in [0.29, 0.717) is 12.8 Å². The predicted molar refractivity (Wildman–Crippen MR) is 88.2 cm³/mol. The van der Waals surface area contributed by atoms with Crippen LogP contribution in [0.5, 0.6) is 0 Å². The molecule has 0 saturated carbocycles. The Kier molecular flexibility index (Phi) is 7.55. The van der Waals surface area contributed by atoms with Gasteiger partial charge in [0, 0.05) is 27.1 Å². The smallest absolute Gasteiger partial charge is 0.242 e. The van der Waals surface area contributed by atoms with E-state index in [-0.39, 0.29) is 10.8 Å². The van der Waals surface area contributed by atoms with Crippen molar-refractivity contribution in [2.75, 3.05) is 20.6 Å². The Morgan fingerprint density at radius 2 is 1.77 bits per heavy atom. The fourth-order valence-corrected chi connectivity index (χ4v) is 2.89. The molecule has 0 unspecified atom stereocenters. The van der Waals surface area contributed by atoms with Crippen molar-refractivity contribution in [3.8, 4) is 0 Å². The van der Waals surface area contributed by atoms with E-state index in [9.17, 15) is 13.2 Å². The van der Waals surface area contributed by atoms with Crippen molar-refractivity contribution in [2.45, 2.75) is 43.9 Å². The van der Waals surface area contributed by atoms with Crippen LogP contribution in [0.3, 0.4) is 0 Å². The Hall–Kier alpha value is -1.40. The number of benzene rings is 1. The summed E-state index contributed by atoms with van der Waals surface area (Å²) in [6.07, 6.45) is 4.31. The summed E-state index contributed by atoms with van der Waals surface area (Å²) in [5, 5.41) is 2.90. The molecule has 0 aliphatic heterocycles. The summed E-state index contributed by atoms with van der Waals surface area (Å²) in [5.41, 5.74) is 0.960. The van der Waals surface area contributed by atoms with E-state index >= 15 is 0 Å². The second-order valence-electron chi connectivity index (χ2n) is 5.49. The number of unbranched alkanes of at least 4 members (excludes halogenated alkanes) is 2. The number of aryl methyl sites for hydroxylation is 1. The first-order chi connectivity index (χ1) is 10.4. The molecule has 0 fully saturated rings. The molecule has 0 heterocycles. The zero-order chi connectivity index (χ0) is 16.6. The van der Waals surface area contributed by atoms with E-state index in [4.69, 9.17) is 0 Å². The molecule has 1 rings (SSSR count). The first-order valence-corrected chi connectivity index (χ1v) is 9.10. The monoisotopic (exact) mass is 326 g/mol. The number of rotatable bonds is 9. The van der Waals surface area contributed by atoms with Gasteiger partial charge in [-0.15, -0.1) is 0 Å². The number of nitrogens with zero attached hydrogens (tertiary/aromatic N) is 1. The molecule has 1 aromatic carbocycles. The van der Waals surface area contributed by atoms with Crippen LogP contribution in [0, 0.1) is 0 Å². The average molecular weight is 326 g/mol. The fourth-order valence-electron chi connectivity index (χ4n) is 1.99. The van der Waals surface area contributed by atoms with Gasteiger partial charge in [-0.1, -0.05) is 31.9 Å². The second-order valence-corrected chi connectivity index (χ2v) is 7.64. The molecule has 0 aliphatic carbocycles. The summed E-state index contributed by atoms with van der Waals surface area (Å²) >= 11 is 0. The first-order valence-electron chi connectivity index (χ1n) is 7.66. The third kappa shape index (κ3) is 5.77. The number of carbonyl (C=O) groups excluding carboxylic acids is 1. The molecule has 0 atom stereocenters. The van der Waals surface area contributed by atoms with Gasteiger partial charge in [-0.05, 0) is 30.5 Å². The average Bonchev–Trinajstić information content (AvgIpc) is 2.50. The predicted octanol–water partition coefficient (Wildman–Crippen LogP) is 2.18. The fraction of sp³-hybridized carbons (Fsp3) is 0.562. The van der Waals surface area contributed by atoms with Crippen molar-refractivity contribution < 1.29 is 13.2 Å². The van der Waals surface area contributed by atoms with Crippen LogP contribution in [0.25, 0.3) is 0 Å². The van der Waals surface area contributed by atoms with E-state index in [2.05, 4.69) is 12.2 Å². The Labute approximate surface area is 133 Å². The van der Waals surface area contributed by atoms with Crippen molar-refractivity contribution in [3.63, 3.8) is 0 Å². The number of hydrogen-bond acceptors (Lipinski definition) is 3. The highest BCUT2D eigenvalue weighted by Crippen LogP contribution is 2.14. The van der Waals surface area contributed by atoms with Gasteiger partial charge in [0.2, 0.25) is 15.9 Å². The summed E-state index contributed by atoms with van der Waals surface area (Å²) in [7, 11) is -0.376. The minimum absolute atomic E-state index is 0.0427. The van der Waals surface area contributed by atoms with E-state index in [1.165, 1.54) is 18.4 Å². The highest BCUT2D eigenvalue weighted by molar-refractivity contribution is 7.89. The first kappa shape index (κ1) is 18.6. The lowest BCUT2D eigenvalue weighted by atomic mass is 10.1. The molecule has 0 bridgehead atoms. The number of sulfonamides is 1. The van der Waals surface area contributed by atoms with Gasteiger partial charge in [0.15, 0.2) is 0 Å². The van der Waals surface area contributed by atoms with Gasteiger partial charge in [-0.2, -0.15) is 0 Å². The normalized spacial score (nSPS) is 11.6. The Balaban J connectivity index is 2.47. The van der Waals surface area contributed by atoms with Gasteiger partial charge in [0.25, 0.3) is 0 Å². The highest BCUT2D eigenvalue weighted by atomic mass is 32.2. The molecule has 0 aromatic heterocycles. The lowest BCUT2D eigenvalue weighted by molar-refractivity contribution is -0.121. The topological polar surface area (TPSA) is 66.5 Å². The molecule has 124 valence electrons. The van der Waals surface area contributed by atoms with Gasteiger partial charge in [-0.25, -0.2) is 12.7 Å². The molecule has 5 nitrogen and oxygen atoms in total. The molecule has 0 radical (unpaired) electrons. The second kappa shape index (κ2) is 8.90. The Bertz CT molecular complexity index is 566. The largest absolute Gasteiger partial charge is 0.356 e. The summed E-state index contributed by atoms with van der Waals surface area (Å²) in [6.45, 7) is 2.86. The zero-order valence-electron chi connectivity index (χ0n) is 13.6. The van der Waals surface area contributed by atoms with Crippen molar-refractivity contribution in [1.29, 1.82) is 0 Å². The Morgan fingerprint density at radius 3 is 2.32 bits per heavy atom. The number of amides is 1. The summed E-state index contributed by atoms with van der Waals surface area (Å²) in [4.78, 5) is 12.0. The number of nitrogens with one attached hydrogen (secondary N) is 1. The molecule has 22 heavy (non-hydrogen) atoms. The summed E-state index contributed by atoms with van der Waals surface area (Å²) in [5.74, 6) is 0.0427. The lowest BCUT2D eigenvalue weighted by Gasteiger charge is -2.11. The highest BCUT2D eigenvalue weighted by Gasteiger charge is 2.16. The van der Waals surface area contributed by atoms with Crippen LogP contribution in [-0.4, -0.2) is 39.3 Å². The van der Waals surface area contributed by atoms with E-state index in [1.54, 1.807) is 24.3 Å². The molecular formula is C16H26N2O3S. The van der Waals surface area contributed by atoms with Crippen LogP contribution in [0.4, 0.5) is 0 Å². The van der Waals surface area contributed by atoms with Crippen LogP contribution in [0.15, 0.2) is 29.2 Å². The third-order valence-electron chi connectivity index (χ3n) is 3.45. The maximum atomic E-state index is 11.9. The van der Waals surface area contributed by atoms with Gasteiger partial charge in [0.05, 0.1) is 4.90 Å². The van der Waals surface area contributed by atoms with Gasteiger partial charge >= 0.3 is 0 Å². The molecule has 0 saturated heterocycles. The maximum Gasteiger partial charge on any atom is 0.242 e. The van der Waals surface area contributed by atoms with Gasteiger partial charge in [-0.3, -0.25) is 4.79 Å². The van der Waals surface area contributed by atoms with Crippen LogP contribution in [0.2, 0.25) is 0 Å². The van der Waals surface area contributed by atoms with Crippen LogP contribution in [0.1, 0.15) is 38.2 Å². The minimum atomic E-state index is -3.39. The van der Waals surface area contributed by atoms with E-state index < -0.39 is 10.0 Å². The molecule has 1 N–H and O–H groups in total. The van der Waals surface area contributed by atoms with Crippen LogP contribution < -0.4 is 5.32 Å². The van der Waals surface area contributed by atoms with Crippen molar-refractivity contribution in [2.24, 2.45) is 0 Å². The van der Waals surface area contributed by atoms with Crippen LogP contribution in [-0.2, 0) is 21.2 Å². The number of carbonyl (C=O) groups is 1. The molecule has 0 aliphatic rings. The van der Waals surface area contributed by atoms with Crippen molar-refractivity contribution in [3.05, 3.63) is 29.8 Å². The SMILES string of the molecule is CCCCCNC(=O)CCc1ccc(S(=O)(=O)N(C)C)cc1. The molecule has 1 aromatic rings.